The van der Waals surface area contributed by atoms with Crippen LogP contribution < -0.4 is 0 Å². The van der Waals surface area contributed by atoms with Crippen molar-refractivity contribution < 1.29 is 4.79 Å². The van der Waals surface area contributed by atoms with E-state index < -0.39 is 0 Å². The maximum absolute atomic E-state index is 11.9. The van der Waals surface area contributed by atoms with E-state index >= 15 is 0 Å². The predicted octanol–water partition coefficient (Wildman–Crippen LogP) is 3.01. The summed E-state index contributed by atoms with van der Waals surface area (Å²) < 4.78 is 0. The Labute approximate surface area is 109 Å². The summed E-state index contributed by atoms with van der Waals surface area (Å²) in [4.78, 5) is 13.6. The molecule has 17 heavy (non-hydrogen) atoms. The number of rotatable bonds is 5. The van der Waals surface area contributed by atoms with Gasteiger partial charge in [-0.15, -0.1) is 11.6 Å². The Morgan fingerprint density at radius 1 is 1.35 bits per heavy atom. The molecule has 0 bridgehead atoms. The Morgan fingerprint density at radius 3 is 2.47 bits per heavy atom. The Bertz CT molecular complexity index is 361. The summed E-state index contributed by atoms with van der Waals surface area (Å²) in [7, 11) is 1.81. The molecule has 0 saturated carbocycles. The molecule has 0 fully saturated rings. The molecule has 2 nitrogen and oxygen atoms in total. The molecule has 1 rings (SSSR count). The van der Waals surface area contributed by atoms with Crippen LogP contribution in [0.4, 0.5) is 0 Å². The average molecular weight is 254 g/mol. The lowest BCUT2D eigenvalue weighted by Gasteiger charge is -2.23. The molecule has 1 unspecified atom stereocenters. The van der Waals surface area contributed by atoms with Gasteiger partial charge < -0.3 is 4.90 Å². The van der Waals surface area contributed by atoms with Crippen LogP contribution in [-0.4, -0.2) is 29.8 Å². The van der Waals surface area contributed by atoms with Crippen molar-refractivity contribution in [2.75, 3.05) is 12.9 Å². The van der Waals surface area contributed by atoms with Crippen molar-refractivity contribution in [2.24, 2.45) is 0 Å². The third-order valence-electron chi connectivity index (χ3n) is 3.03. The van der Waals surface area contributed by atoms with E-state index in [9.17, 15) is 4.79 Å². The van der Waals surface area contributed by atoms with Gasteiger partial charge in [-0.3, -0.25) is 4.79 Å². The normalized spacial score (nSPS) is 12.2. The monoisotopic (exact) mass is 253 g/mol. The van der Waals surface area contributed by atoms with Crippen LogP contribution in [0.25, 0.3) is 0 Å². The highest BCUT2D eigenvalue weighted by Gasteiger charge is 2.14. The van der Waals surface area contributed by atoms with Gasteiger partial charge in [0.05, 0.1) is 0 Å². The maximum atomic E-state index is 11.9. The third kappa shape index (κ3) is 4.39. The van der Waals surface area contributed by atoms with Gasteiger partial charge in [0, 0.05) is 25.4 Å². The van der Waals surface area contributed by atoms with Crippen LogP contribution in [0.3, 0.4) is 0 Å². The van der Waals surface area contributed by atoms with Gasteiger partial charge in [-0.05, 0) is 25.8 Å². The van der Waals surface area contributed by atoms with E-state index in [1.807, 2.05) is 14.0 Å². The number of benzene rings is 1. The van der Waals surface area contributed by atoms with Crippen molar-refractivity contribution in [3.8, 4) is 0 Å². The second-order valence-corrected chi connectivity index (χ2v) is 4.80. The lowest BCUT2D eigenvalue weighted by atomic mass is 10.1. The molecule has 3 heteroatoms. The molecular weight excluding hydrogens is 234 g/mol. The fourth-order valence-electron chi connectivity index (χ4n) is 1.53. The van der Waals surface area contributed by atoms with E-state index in [0.717, 1.165) is 6.42 Å². The van der Waals surface area contributed by atoms with Gasteiger partial charge in [0.25, 0.3) is 0 Å². The van der Waals surface area contributed by atoms with Crippen molar-refractivity contribution in [3.05, 3.63) is 35.4 Å². The van der Waals surface area contributed by atoms with E-state index in [1.54, 1.807) is 4.90 Å². The number of carbonyl (C=O) groups excluding carboxylic acids is 1. The highest BCUT2D eigenvalue weighted by molar-refractivity contribution is 6.18. The first-order valence-corrected chi connectivity index (χ1v) is 6.45. The minimum atomic E-state index is 0.0992. The Hall–Kier alpha value is -1.02. The van der Waals surface area contributed by atoms with Crippen molar-refractivity contribution in [3.63, 3.8) is 0 Å². The molecule has 0 radical (unpaired) electrons. The smallest absolute Gasteiger partial charge is 0.222 e. The van der Waals surface area contributed by atoms with Gasteiger partial charge in [-0.25, -0.2) is 0 Å². The highest BCUT2D eigenvalue weighted by Crippen LogP contribution is 2.08. The number of carbonyl (C=O) groups is 1. The minimum Gasteiger partial charge on any atom is -0.342 e. The summed E-state index contributed by atoms with van der Waals surface area (Å²) in [6, 6.07) is 8.40. The summed E-state index contributed by atoms with van der Waals surface area (Å²) >= 11 is 5.73. The summed E-state index contributed by atoms with van der Waals surface area (Å²) in [5.74, 6) is 0.631. The van der Waals surface area contributed by atoms with E-state index in [4.69, 9.17) is 11.6 Å². The molecule has 0 spiro atoms. The number of aryl methyl sites for hydroxylation is 2. The zero-order chi connectivity index (χ0) is 12.8. The van der Waals surface area contributed by atoms with Gasteiger partial charge in [-0.1, -0.05) is 29.8 Å². The third-order valence-corrected chi connectivity index (χ3v) is 3.47. The molecule has 1 aromatic carbocycles. The second kappa shape index (κ2) is 6.65. The molecule has 0 heterocycles. The summed E-state index contributed by atoms with van der Waals surface area (Å²) in [6.07, 6.45) is 1.33. The van der Waals surface area contributed by atoms with Crippen LogP contribution in [0.5, 0.6) is 0 Å². The zero-order valence-electron chi connectivity index (χ0n) is 10.7. The largest absolute Gasteiger partial charge is 0.342 e. The second-order valence-electron chi connectivity index (χ2n) is 4.49. The maximum Gasteiger partial charge on any atom is 0.222 e. The SMILES string of the molecule is Cc1ccc(CCC(=O)N(C)C(C)CCl)cc1. The number of nitrogens with zero attached hydrogens (tertiary/aromatic N) is 1. The first-order valence-electron chi connectivity index (χ1n) is 5.91. The number of alkyl halides is 1. The number of hydrogen-bond acceptors (Lipinski definition) is 1. The molecular formula is C14H20ClNO. The molecule has 0 aliphatic rings. The van der Waals surface area contributed by atoms with Crippen molar-refractivity contribution in [2.45, 2.75) is 32.7 Å². The van der Waals surface area contributed by atoms with Gasteiger partial charge >= 0.3 is 0 Å². The van der Waals surface area contributed by atoms with Crippen molar-refractivity contribution in [1.82, 2.24) is 4.90 Å². The van der Waals surface area contributed by atoms with E-state index in [0.29, 0.717) is 12.3 Å². The molecule has 0 saturated heterocycles. The lowest BCUT2D eigenvalue weighted by Crippen LogP contribution is -2.36. The van der Waals surface area contributed by atoms with Gasteiger partial charge in [-0.2, -0.15) is 0 Å². The minimum absolute atomic E-state index is 0.0992. The average Bonchev–Trinajstić information content (AvgIpc) is 2.35. The molecule has 0 aliphatic heterocycles. The Balaban J connectivity index is 2.45. The van der Waals surface area contributed by atoms with Crippen molar-refractivity contribution in [1.29, 1.82) is 0 Å². The fourth-order valence-corrected chi connectivity index (χ4v) is 1.74. The fraction of sp³-hybridized carbons (Fsp3) is 0.500. The van der Waals surface area contributed by atoms with Crippen molar-refractivity contribution >= 4 is 17.5 Å². The van der Waals surface area contributed by atoms with Gasteiger partial charge in [0.2, 0.25) is 5.91 Å². The molecule has 1 aromatic rings. The van der Waals surface area contributed by atoms with E-state index in [-0.39, 0.29) is 11.9 Å². The number of amides is 1. The Morgan fingerprint density at radius 2 is 1.94 bits per heavy atom. The molecule has 0 aromatic heterocycles. The van der Waals surface area contributed by atoms with Gasteiger partial charge in [0.1, 0.15) is 0 Å². The molecule has 94 valence electrons. The quantitative estimate of drug-likeness (QED) is 0.739. The summed E-state index contributed by atoms with van der Waals surface area (Å²) in [5.41, 5.74) is 2.45. The first kappa shape index (κ1) is 14.0. The zero-order valence-corrected chi connectivity index (χ0v) is 11.5. The molecule has 0 aliphatic carbocycles. The molecule has 1 atom stereocenters. The van der Waals surface area contributed by atoms with Crippen LogP contribution in [0.2, 0.25) is 0 Å². The van der Waals surface area contributed by atoms with Crippen LogP contribution in [-0.2, 0) is 11.2 Å². The topological polar surface area (TPSA) is 20.3 Å². The highest BCUT2D eigenvalue weighted by atomic mass is 35.5. The molecule has 1 amide bonds. The number of halogens is 1. The van der Waals surface area contributed by atoms with E-state index in [2.05, 4.69) is 31.2 Å². The van der Waals surface area contributed by atoms with Crippen LogP contribution in [0.1, 0.15) is 24.5 Å². The summed E-state index contributed by atoms with van der Waals surface area (Å²) in [6.45, 7) is 4.02. The van der Waals surface area contributed by atoms with E-state index in [1.165, 1.54) is 11.1 Å². The van der Waals surface area contributed by atoms with Gasteiger partial charge in [0.15, 0.2) is 0 Å². The molecule has 0 N–H and O–H groups in total. The predicted molar refractivity (Wildman–Crippen MR) is 72.5 cm³/mol. The van der Waals surface area contributed by atoms with Crippen LogP contribution >= 0.6 is 11.6 Å². The first-order chi connectivity index (χ1) is 8.04. The standard InChI is InChI=1S/C14H20ClNO/c1-11-4-6-13(7-5-11)8-9-14(17)16(3)12(2)10-15/h4-7,12H,8-10H2,1-3H3. The van der Waals surface area contributed by atoms with Crippen LogP contribution in [0.15, 0.2) is 24.3 Å². The van der Waals surface area contributed by atoms with Crippen LogP contribution in [0, 0.1) is 6.92 Å². The lowest BCUT2D eigenvalue weighted by molar-refractivity contribution is -0.131. The summed E-state index contributed by atoms with van der Waals surface area (Å²) in [5, 5.41) is 0. The number of hydrogen-bond donors (Lipinski definition) is 0. The Kier molecular flexibility index (Phi) is 5.49.